The van der Waals surface area contributed by atoms with E-state index in [1.54, 1.807) is 0 Å². The summed E-state index contributed by atoms with van der Waals surface area (Å²) in [4.78, 5) is 2.40. The van der Waals surface area contributed by atoms with Gasteiger partial charge in [-0.15, -0.1) is 0 Å². The zero-order chi connectivity index (χ0) is 8.55. The Bertz CT molecular complexity index is 163. The topological polar surface area (TPSA) is 24.5 Å². The summed E-state index contributed by atoms with van der Waals surface area (Å²) in [6, 6.07) is 0.606. The molecule has 0 spiro atoms. The molecule has 0 aliphatic carbocycles. The molecule has 0 aromatic rings. The summed E-state index contributed by atoms with van der Waals surface area (Å²) in [5, 5.41) is 3.41. The fourth-order valence-corrected chi connectivity index (χ4v) is 2.17. The number of nitrogens with zero attached hydrogens (tertiary/aromatic N) is 1. The fraction of sp³-hybridized carbons (Fsp3) is 1.00. The maximum atomic E-state index is 5.76. The number of likely N-dealkylation sites (N-methyl/N-ethyl adjacent to an activating group) is 1. The molecule has 0 aromatic carbocycles. The quantitative estimate of drug-likeness (QED) is 0.617. The van der Waals surface area contributed by atoms with E-state index in [9.17, 15) is 0 Å². The van der Waals surface area contributed by atoms with Gasteiger partial charge in [0.15, 0.2) is 0 Å². The lowest BCUT2D eigenvalue weighted by molar-refractivity contribution is 0.00528. The fourth-order valence-electron chi connectivity index (χ4n) is 2.17. The minimum absolute atomic E-state index is 0.285. The van der Waals surface area contributed by atoms with Gasteiger partial charge in [-0.3, -0.25) is 10.2 Å². The summed E-state index contributed by atoms with van der Waals surface area (Å²) >= 11 is 0. The van der Waals surface area contributed by atoms with Crippen molar-refractivity contribution in [3.8, 4) is 0 Å². The van der Waals surface area contributed by atoms with Crippen LogP contribution >= 0.6 is 0 Å². The standard InChI is InChI=1S/C9H18N2O/c1-7-6-10-9(12-7)8-4-3-5-11(8)2/h7-10H,3-6H2,1-2H3. The minimum atomic E-state index is 0.285. The van der Waals surface area contributed by atoms with Crippen LogP contribution in [0.2, 0.25) is 0 Å². The van der Waals surface area contributed by atoms with Crippen LogP contribution in [0.25, 0.3) is 0 Å². The number of ether oxygens (including phenoxy) is 1. The van der Waals surface area contributed by atoms with Gasteiger partial charge >= 0.3 is 0 Å². The van der Waals surface area contributed by atoms with Gasteiger partial charge in [-0.05, 0) is 33.4 Å². The average Bonchev–Trinajstić information content (AvgIpc) is 2.58. The van der Waals surface area contributed by atoms with Crippen molar-refractivity contribution in [2.75, 3.05) is 20.1 Å². The van der Waals surface area contributed by atoms with E-state index in [1.165, 1.54) is 19.4 Å². The molecule has 0 amide bonds. The molecular formula is C9H18N2O. The van der Waals surface area contributed by atoms with Crippen molar-refractivity contribution in [1.29, 1.82) is 0 Å². The van der Waals surface area contributed by atoms with Crippen LogP contribution in [0, 0.1) is 0 Å². The molecule has 2 aliphatic heterocycles. The molecule has 70 valence electrons. The molecule has 0 saturated carbocycles. The first-order valence-corrected chi connectivity index (χ1v) is 4.86. The summed E-state index contributed by atoms with van der Waals surface area (Å²) in [5.74, 6) is 0. The van der Waals surface area contributed by atoms with Gasteiger partial charge in [0.2, 0.25) is 0 Å². The molecule has 2 aliphatic rings. The van der Waals surface area contributed by atoms with Crippen LogP contribution in [-0.4, -0.2) is 43.4 Å². The summed E-state index contributed by atoms with van der Waals surface area (Å²) in [7, 11) is 2.19. The van der Waals surface area contributed by atoms with Crippen LogP contribution in [-0.2, 0) is 4.74 Å². The largest absolute Gasteiger partial charge is 0.357 e. The third-order valence-corrected chi connectivity index (χ3v) is 2.91. The van der Waals surface area contributed by atoms with E-state index in [-0.39, 0.29) is 6.23 Å². The van der Waals surface area contributed by atoms with E-state index in [0.717, 1.165) is 6.54 Å². The molecule has 2 rings (SSSR count). The molecule has 3 heteroatoms. The lowest BCUT2D eigenvalue weighted by Gasteiger charge is -2.25. The molecular weight excluding hydrogens is 152 g/mol. The Kier molecular flexibility index (Phi) is 2.35. The van der Waals surface area contributed by atoms with E-state index in [2.05, 4.69) is 24.2 Å². The first-order valence-electron chi connectivity index (χ1n) is 4.86. The first kappa shape index (κ1) is 8.48. The molecule has 2 heterocycles. The van der Waals surface area contributed by atoms with Crippen LogP contribution in [0.3, 0.4) is 0 Å². The maximum Gasteiger partial charge on any atom is 0.124 e. The lowest BCUT2D eigenvalue weighted by atomic mass is 10.2. The summed E-state index contributed by atoms with van der Waals surface area (Å²) in [5.41, 5.74) is 0. The third kappa shape index (κ3) is 1.49. The Morgan fingerprint density at radius 1 is 1.50 bits per heavy atom. The average molecular weight is 170 g/mol. The maximum absolute atomic E-state index is 5.76. The second-order valence-electron chi connectivity index (χ2n) is 3.97. The van der Waals surface area contributed by atoms with E-state index in [4.69, 9.17) is 4.74 Å². The van der Waals surface area contributed by atoms with E-state index < -0.39 is 0 Å². The van der Waals surface area contributed by atoms with Gasteiger partial charge < -0.3 is 4.74 Å². The van der Waals surface area contributed by atoms with Crippen molar-refractivity contribution in [3.63, 3.8) is 0 Å². The number of nitrogens with one attached hydrogen (secondary N) is 1. The van der Waals surface area contributed by atoms with Gasteiger partial charge in [-0.2, -0.15) is 0 Å². The lowest BCUT2D eigenvalue weighted by Crippen LogP contribution is -2.42. The number of hydrogen-bond donors (Lipinski definition) is 1. The van der Waals surface area contributed by atoms with Crippen molar-refractivity contribution >= 4 is 0 Å². The van der Waals surface area contributed by atoms with Crippen LogP contribution in [0.4, 0.5) is 0 Å². The second kappa shape index (κ2) is 3.32. The van der Waals surface area contributed by atoms with Crippen LogP contribution < -0.4 is 5.32 Å². The molecule has 2 fully saturated rings. The normalized spacial score (nSPS) is 44.0. The molecule has 3 nitrogen and oxygen atoms in total. The van der Waals surface area contributed by atoms with Crippen molar-refractivity contribution in [1.82, 2.24) is 10.2 Å². The van der Waals surface area contributed by atoms with E-state index >= 15 is 0 Å². The van der Waals surface area contributed by atoms with Crippen molar-refractivity contribution in [2.24, 2.45) is 0 Å². The predicted molar refractivity (Wildman–Crippen MR) is 48.0 cm³/mol. The highest BCUT2D eigenvalue weighted by atomic mass is 16.5. The van der Waals surface area contributed by atoms with Gasteiger partial charge in [-0.1, -0.05) is 0 Å². The Labute approximate surface area is 74.1 Å². The van der Waals surface area contributed by atoms with Crippen LogP contribution in [0.1, 0.15) is 19.8 Å². The Balaban J connectivity index is 1.91. The molecule has 2 saturated heterocycles. The van der Waals surface area contributed by atoms with Gasteiger partial charge in [0.05, 0.1) is 6.10 Å². The van der Waals surface area contributed by atoms with Crippen LogP contribution in [0.5, 0.6) is 0 Å². The monoisotopic (exact) mass is 170 g/mol. The zero-order valence-corrected chi connectivity index (χ0v) is 7.92. The minimum Gasteiger partial charge on any atom is -0.357 e. The molecule has 3 unspecified atom stereocenters. The number of rotatable bonds is 1. The van der Waals surface area contributed by atoms with Gasteiger partial charge in [0, 0.05) is 12.6 Å². The Morgan fingerprint density at radius 2 is 2.33 bits per heavy atom. The summed E-state index contributed by atoms with van der Waals surface area (Å²) in [6.07, 6.45) is 3.27. The number of likely N-dealkylation sites (tertiary alicyclic amines) is 1. The van der Waals surface area contributed by atoms with E-state index in [0.29, 0.717) is 12.1 Å². The molecule has 0 bridgehead atoms. The van der Waals surface area contributed by atoms with Gasteiger partial charge in [0.25, 0.3) is 0 Å². The van der Waals surface area contributed by atoms with Gasteiger partial charge in [0.1, 0.15) is 6.23 Å². The highest BCUT2D eigenvalue weighted by Gasteiger charge is 2.33. The second-order valence-corrected chi connectivity index (χ2v) is 3.97. The Hall–Kier alpha value is -0.120. The third-order valence-electron chi connectivity index (χ3n) is 2.91. The highest BCUT2D eigenvalue weighted by Crippen LogP contribution is 2.21. The zero-order valence-electron chi connectivity index (χ0n) is 7.92. The van der Waals surface area contributed by atoms with Crippen molar-refractivity contribution in [2.45, 2.75) is 38.1 Å². The predicted octanol–water partition coefficient (Wildman–Crippen LogP) is 0.415. The first-order chi connectivity index (χ1) is 5.77. The molecule has 0 aromatic heterocycles. The molecule has 3 atom stereocenters. The summed E-state index contributed by atoms with van der Waals surface area (Å²) in [6.45, 7) is 4.36. The van der Waals surface area contributed by atoms with Crippen molar-refractivity contribution < 1.29 is 4.74 Å². The van der Waals surface area contributed by atoms with Gasteiger partial charge in [-0.25, -0.2) is 0 Å². The molecule has 12 heavy (non-hydrogen) atoms. The van der Waals surface area contributed by atoms with Crippen LogP contribution in [0.15, 0.2) is 0 Å². The SMILES string of the molecule is CC1CNC(C2CCCN2C)O1. The van der Waals surface area contributed by atoms with E-state index in [1.807, 2.05) is 0 Å². The Morgan fingerprint density at radius 3 is 2.83 bits per heavy atom. The highest BCUT2D eigenvalue weighted by molar-refractivity contribution is 4.86. The number of hydrogen-bond acceptors (Lipinski definition) is 3. The smallest absolute Gasteiger partial charge is 0.124 e. The van der Waals surface area contributed by atoms with Crippen molar-refractivity contribution in [3.05, 3.63) is 0 Å². The molecule has 1 N–H and O–H groups in total. The molecule has 0 radical (unpaired) electrons. The summed E-state index contributed by atoms with van der Waals surface area (Å²) < 4.78 is 5.76.